The summed E-state index contributed by atoms with van der Waals surface area (Å²) < 4.78 is 0. The fourth-order valence-electron chi connectivity index (χ4n) is 0.660. The van der Waals surface area contributed by atoms with Crippen LogP contribution in [0.25, 0.3) is 0 Å². The molecule has 0 amide bonds. The molecular formula is C11H18O6S2. The minimum absolute atomic E-state index is 0.130. The normalized spacial score (nSPS) is 9.05. The predicted molar refractivity (Wildman–Crippen MR) is 75.4 cm³/mol. The first-order valence-electron chi connectivity index (χ1n) is 5.59. The molecule has 0 aromatic rings. The van der Waals surface area contributed by atoms with Gasteiger partial charge >= 0.3 is 11.9 Å². The van der Waals surface area contributed by atoms with Gasteiger partial charge in [0, 0.05) is 24.3 Å². The number of carboxylic acid groups (broad SMARTS) is 2. The molecule has 19 heavy (non-hydrogen) atoms. The molecule has 0 bridgehead atoms. The topological polar surface area (TPSA) is 109 Å². The lowest BCUT2D eigenvalue weighted by molar-refractivity contribution is -0.137. The molecule has 0 heterocycles. The molecular weight excluding hydrogens is 292 g/mol. The quantitative estimate of drug-likeness (QED) is 0.338. The second-order valence-corrected chi connectivity index (χ2v) is 5.90. The third-order valence-corrected chi connectivity index (χ3v) is 3.93. The summed E-state index contributed by atoms with van der Waals surface area (Å²) in [5.74, 6) is -0.582. The number of aliphatic carboxylic acids is 2. The third kappa shape index (κ3) is 26.5. The maximum atomic E-state index is 10.0. The fourth-order valence-corrected chi connectivity index (χ4v) is 2.62. The zero-order valence-electron chi connectivity index (χ0n) is 10.4. The Morgan fingerprint density at radius 3 is 1.47 bits per heavy atom. The van der Waals surface area contributed by atoms with Crippen LogP contribution < -0.4 is 0 Å². The van der Waals surface area contributed by atoms with Crippen LogP contribution >= 0.6 is 21.6 Å². The summed E-state index contributed by atoms with van der Waals surface area (Å²) in [5, 5.41) is 16.5. The summed E-state index contributed by atoms with van der Waals surface area (Å²) in [5.41, 5.74) is 0. The fraction of sp³-hybridized carbons (Fsp3) is 0.636. The minimum Gasteiger partial charge on any atom is -0.481 e. The molecule has 0 aliphatic rings. The molecule has 0 aromatic carbocycles. The van der Waals surface area contributed by atoms with Crippen LogP contribution in [0.15, 0.2) is 0 Å². The molecule has 0 rings (SSSR count). The first kappa shape index (κ1) is 20.3. The highest BCUT2D eigenvalue weighted by Crippen LogP contribution is 2.22. The molecule has 0 aliphatic heterocycles. The smallest absolute Gasteiger partial charge is 0.304 e. The van der Waals surface area contributed by atoms with E-state index in [0.717, 1.165) is 12.6 Å². The average molecular weight is 310 g/mol. The lowest BCUT2D eigenvalue weighted by Gasteiger charge is -1.95. The van der Waals surface area contributed by atoms with Crippen LogP contribution in [0.5, 0.6) is 0 Å². The molecule has 0 spiro atoms. The van der Waals surface area contributed by atoms with Gasteiger partial charge in [-0.3, -0.25) is 9.59 Å². The van der Waals surface area contributed by atoms with Crippen molar-refractivity contribution < 1.29 is 29.4 Å². The Morgan fingerprint density at radius 1 is 0.842 bits per heavy atom. The zero-order chi connectivity index (χ0) is 14.9. The molecule has 110 valence electrons. The molecule has 0 atom stereocenters. The minimum atomic E-state index is -0.818. The van der Waals surface area contributed by atoms with Crippen molar-refractivity contribution in [1.82, 2.24) is 0 Å². The number of carboxylic acids is 2. The first-order chi connectivity index (χ1) is 9.04. The van der Waals surface area contributed by atoms with Gasteiger partial charge in [0.25, 0.3) is 0 Å². The van der Waals surface area contributed by atoms with E-state index >= 15 is 0 Å². The Morgan fingerprint density at radius 2 is 1.21 bits per heavy atom. The first-order valence-corrected chi connectivity index (χ1v) is 8.08. The van der Waals surface area contributed by atoms with Crippen molar-refractivity contribution in [3.8, 4) is 0 Å². The van der Waals surface area contributed by atoms with Crippen LogP contribution in [0.1, 0.15) is 32.1 Å². The standard InChI is InChI=1S/C6H10O4S2.C5H8O2/c7-5(8)1-3-11-12-4-2-6(9)10;6-4-2-1-3-5-7/h1-4H2,(H,7,8)(H,9,10);4-5H,1-3H2. The maximum Gasteiger partial charge on any atom is 0.304 e. The lowest BCUT2D eigenvalue weighted by Crippen LogP contribution is -1.96. The summed E-state index contributed by atoms with van der Waals surface area (Å²) >= 11 is 0. The van der Waals surface area contributed by atoms with E-state index in [0.29, 0.717) is 30.8 Å². The number of aldehydes is 2. The number of carbonyl (C=O) groups excluding carboxylic acids is 2. The molecule has 2 N–H and O–H groups in total. The van der Waals surface area contributed by atoms with Gasteiger partial charge in [0.15, 0.2) is 0 Å². The Balaban J connectivity index is 0. The number of hydrogen-bond donors (Lipinski definition) is 2. The molecule has 0 radical (unpaired) electrons. The van der Waals surface area contributed by atoms with E-state index in [-0.39, 0.29) is 12.8 Å². The molecule has 0 saturated carbocycles. The van der Waals surface area contributed by atoms with Crippen LogP contribution in [0.2, 0.25) is 0 Å². The van der Waals surface area contributed by atoms with Crippen molar-refractivity contribution in [3.63, 3.8) is 0 Å². The van der Waals surface area contributed by atoms with Gasteiger partial charge in [-0.2, -0.15) is 0 Å². The van der Waals surface area contributed by atoms with E-state index in [4.69, 9.17) is 10.2 Å². The molecule has 0 fully saturated rings. The summed E-state index contributed by atoms with van der Waals surface area (Å²) in [4.78, 5) is 39.2. The van der Waals surface area contributed by atoms with E-state index in [9.17, 15) is 19.2 Å². The molecule has 0 unspecified atom stereocenters. The van der Waals surface area contributed by atoms with E-state index in [1.807, 2.05) is 0 Å². The van der Waals surface area contributed by atoms with Crippen molar-refractivity contribution in [2.45, 2.75) is 32.1 Å². The number of carbonyl (C=O) groups is 4. The summed E-state index contributed by atoms with van der Waals surface area (Å²) in [6.45, 7) is 0. The van der Waals surface area contributed by atoms with Gasteiger partial charge in [-0.25, -0.2) is 0 Å². The van der Waals surface area contributed by atoms with Gasteiger partial charge in [-0.05, 0) is 6.42 Å². The SMILES string of the molecule is O=C(O)CCSSCCC(=O)O.O=CCCCC=O. The Bertz CT molecular complexity index is 244. The van der Waals surface area contributed by atoms with Crippen LogP contribution in [-0.4, -0.2) is 46.2 Å². The van der Waals surface area contributed by atoms with Crippen molar-refractivity contribution in [2.24, 2.45) is 0 Å². The lowest BCUT2D eigenvalue weighted by atomic mass is 10.3. The molecule has 0 aliphatic carbocycles. The third-order valence-electron chi connectivity index (χ3n) is 1.53. The molecule has 8 heteroatoms. The highest BCUT2D eigenvalue weighted by molar-refractivity contribution is 8.76. The van der Waals surface area contributed by atoms with E-state index in [1.54, 1.807) is 0 Å². The van der Waals surface area contributed by atoms with Crippen LogP contribution in [-0.2, 0) is 19.2 Å². The maximum absolute atomic E-state index is 10.0. The Kier molecular flexibility index (Phi) is 18.1. The summed E-state index contributed by atoms with van der Waals surface area (Å²) in [6, 6.07) is 0. The van der Waals surface area contributed by atoms with Gasteiger partial charge in [-0.15, -0.1) is 0 Å². The number of unbranched alkanes of at least 4 members (excludes halogenated alkanes) is 2. The monoisotopic (exact) mass is 310 g/mol. The Hall–Kier alpha value is -1.02. The second kappa shape index (κ2) is 17.0. The van der Waals surface area contributed by atoms with Crippen LogP contribution in [0.4, 0.5) is 0 Å². The zero-order valence-corrected chi connectivity index (χ0v) is 12.1. The summed E-state index contributed by atoms with van der Waals surface area (Å²) in [7, 11) is 2.79. The van der Waals surface area contributed by atoms with Crippen molar-refractivity contribution >= 4 is 46.1 Å². The van der Waals surface area contributed by atoms with Crippen molar-refractivity contribution in [1.29, 1.82) is 0 Å². The predicted octanol–water partition coefficient (Wildman–Crippen LogP) is 1.87. The van der Waals surface area contributed by atoms with Crippen molar-refractivity contribution in [2.75, 3.05) is 11.5 Å². The van der Waals surface area contributed by atoms with Crippen LogP contribution in [0.3, 0.4) is 0 Å². The molecule has 0 saturated heterocycles. The van der Waals surface area contributed by atoms with Crippen LogP contribution in [0, 0.1) is 0 Å². The largest absolute Gasteiger partial charge is 0.481 e. The molecule has 6 nitrogen and oxygen atoms in total. The van der Waals surface area contributed by atoms with E-state index in [1.165, 1.54) is 21.6 Å². The number of hydrogen-bond acceptors (Lipinski definition) is 6. The van der Waals surface area contributed by atoms with E-state index in [2.05, 4.69) is 0 Å². The number of rotatable bonds is 11. The van der Waals surface area contributed by atoms with Gasteiger partial charge in [-0.1, -0.05) is 21.6 Å². The second-order valence-electron chi connectivity index (χ2n) is 3.20. The van der Waals surface area contributed by atoms with Gasteiger partial charge in [0.1, 0.15) is 12.6 Å². The summed E-state index contributed by atoms with van der Waals surface area (Å²) in [6.07, 6.45) is 3.63. The highest BCUT2D eigenvalue weighted by Gasteiger charge is 1.99. The van der Waals surface area contributed by atoms with Gasteiger partial charge < -0.3 is 19.8 Å². The molecule has 0 aromatic heterocycles. The van der Waals surface area contributed by atoms with Crippen molar-refractivity contribution in [3.05, 3.63) is 0 Å². The van der Waals surface area contributed by atoms with Gasteiger partial charge in [0.05, 0.1) is 12.8 Å². The van der Waals surface area contributed by atoms with Gasteiger partial charge in [0.2, 0.25) is 0 Å². The highest BCUT2D eigenvalue weighted by atomic mass is 33.1. The Labute approximate surface area is 119 Å². The van der Waals surface area contributed by atoms with E-state index < -0.39 is 11.9 Å². The average Bonchev–Trinajstić information content (AvgIpc) is 2.34.